The van der Waals surface area contributed by atoms with Crippen LogP contribution in [0.1, 0.15) is 18.1 Å². The molecule has 172 valence electrons. The molecule has 8 heteroatoms. The molecule has 5 aromatic rings. The summed E-state index contributed by atoms with van der Waals surface area (Å²) in [4.78, 5) is 9.62. The summed E-state index contributed by atoms with van der Waals surface area (Å²) in [5.74, 6) is 1.92. The maximum atomic E-state index is 14.4. The van der Waals surface area contributed by atoms with E-state index in [1.807, 2.05) is 59.9 Å². The van der Waals surface area contributed by atoms with Gasteiger partial charge in [0, 0.05) is 43.2 Å². The van der Waals surface area contributed by atoms with E-state index in [2.05, 4.69) is 26.9 Å². The van der Waals surface area contributed by atoms with Crippen LogP contribution < -0.4 is 4.90 Å². The minimum Gasteiger partial charge on any atom is -0.461 e. The molecule has 7 nitrogen and oxygen atoms in total. The molecule has 0 radical (unpaired) electrons. The number of nitrogens with zero attached hydrogens (tertiary/aromatic N) is 6. The smallest absolute Gasteiger partial charge is 0.213 e. The first-order chi connectivity index (χ1) is 16.6. The third-order valence-electron chi connectivity index (χ3n) is 6.59. The normalized spacial score (nSPS) is 17.1. The molecule has 1 aliphatic heterocycles. The molecule has 0 bridgehead atoms. The van der Waals surface area contributed by atoms with E-state index in [-0.39, 0.29) is 11.9 Å². The fourth-order valence-corrected chi connectivity index (χ4v) is 4.80. The average molecular weight is 457 g/mol. The van der Waals surface area contributed by atoms with E-state index in [4.69, 9.17) is 9.40 Å². The van der Waals surface area contributed by atoms with Gasteiger partial charge in [-0.05, 0) is 44.2 Å². The fourth-order valence-electron chi connectivity index (χ4n) is 4.80. The number of rotatable bonds is 4. The van der Waals surface area contributed by atoms with Gasteiger partial charge in [0.05, 0.1) is 11.8 Å². The van der Waals surface area contributed by atoms with Crippen LogP contribution in [0.2, 0.25) is 0 Å². The van der Waals surface area contributed by atoms with E-state index < -0.39 is 0 Å². The molecule has 0 unspecified atom stereocenters. The van der Waals surface area contributed by atoms with Crippen molar-refractivity contribution in [2.75, 3.05) is 24.5 Å². The second-order valence-electron chi connectivity index (χ2n) is 8.95. The van der Waals surface area contributed by atoms with Crippen LogP contribution in [0.15, 0.2) is 65.3 Å². The molecule has 1 atom stereocenters. The molecular formula is C26H25FN6O. The largest absolute Gasteiger partial charge is 0.461 e. The quantitative estimate of drug-likeness (QED) is 0.391. The molecular weight excluding hydrogens is 431 g/mol. The summed E-state index contributed by atoms with van der Waals surface area (Å²) in [6, 6.07) is 17.2. The molecule has 0 N–H and O–H groups in total. The number of anilines is 1. The molecule has 6 rings (SSSR count). The molecule has 1 saturated heterocycles. The van der Waals surface area contributed by atoms with Crippen molar-refractivity contribution in [1.29, 1.82) is 0 Å². The molecule has 1 fully saturated rings. The Kier molecular flexibility index (Phi) is 5.03. The van der Waals surface area contributed by atoms with E-state index in [1.165, 1.54) is 0 Å². The highest BCUT2D eigenvalue weighted by Gasteiger charge is 2.28. The summed E-state index contributed by atoms with van der Waals surface area (Å²) >= 11 is 0. The Morgan fingerprint density at radius 1 is 1.06 bits per heavy atom. The second-order valence-corrected chi connectivity index (χ2v) is 8.95. The Labute approximate surface area is 196 Å². The highest BCUT2D eigenvalue weighted by Crippen LogP contribution is 2.30. The third kappa shape index (κ3) is 3.51. The monoisotopic (exact) mass is 456 g/mol. The summed E-state index contributed by atoms with van der Waals surface area (Å²) in [6.07, 6.45) is 1.63. The summed E-state index contributed by atoms with van der Waals surface area (Å²) < 4.78 is 22.0. The molecule has 34 heavy (non-hydrogen) atoms. The Balaban J connectivity index is 1.37. The topological polar surface area (TPSA) is 62.7 Å². The standard InChI is InChI=1S/C26H25FN6O/c1-17-9-10-21(27)19(14-17)16-31-11-12-32(15-18(31)2)26-28-22-7-4-3-6-20(22)24-29-30-25(33(24)26)23-8-5-13-34-23/h3-10,13-14,18H,11-12,15-16H2,1-2H3/t18-/m0/s1. The molecule has 0 saturated carbocycles. The fraction of sp³-hybridized carbons (Fsp3) is 0.269. The predicted molar refractivity (Wildman–Crippen MR) is 129 cm³/mol. The molecule has 1 aliphatic rings. The van der Waals surface area contributed by atoms with Gasteiger partial charge in [-0.3, -0.25) is 4.90 Å². The van der Waals surface area contributed by atoms with Crippen LogP contribution in [0, 0.1) is 12.7 Å². The molecule has 4 heterocycles. The van der Waals surface area contributed by atoms with Gasteiger partial charge in [-0.15, -0.1) is 10.2 Å². The first kappa shape index (κ1) is 20.8. The van der Waals surface area contributed by atoms with Gasteiger partial charge in [-0.2, -0.15) is 0 Å². The maximum absolute atomic E-state index is 14.4. The van der Waals surface area contributed by atoms with Gasteiger partial charge < -0.3 is 9.32 Å². The van der Waals surface area contributed by atoms with Crippen LogP contribution in [-0.4, -0.2) is 50.2 Å². The SMILES string of the molecule is Cc1ccc(F)c(CN2CCN(c3nc4ccccc4c4nnc(-c5ccco5)n34)C[C@@H]2C)c1. The number of piperazine rings is 1. The van der Waals surface area contributed by atoms with E-state index >= 15 is 0 Å². The van der Waals surface area contributed by atoms with Gasteiger partial charge in [0.15, 0.2) is 11.4 Å². The predicted octanol–water partition coefficient (Wildman–Crippen LogP) is 4.70. The Hall–Kier alpha value is -3.78. The van der Waals surface area contributed by atoms with Gasteiger partial charge in [-0.1, -0.05) is 29.8 Å². The Morgan fingerprint density at radius 2 is 1.94 bits per heavy atom. The van der Waals surface area contributed by atoms with Crippen LogP contribution in [0.5, 0.6) is 0 Å². The number of fused-ring (bicyclic) bond motifs is 3. The summed E-state index contributed by atoms with van der Waals surface area (Å²) in [5, 5.41) is 9.89. The summed E-state index contributed by atoms with van der Waals surface area (Å²) in [7, 11) is 0. The zero-order valence-corrected chi connectivity index (χ0v) is 19.1. The third-order valence-corrected chi connectivity index (χ3v) is 6.59. The number of benzene rings is 2. The van der Waals surface area contributed by atoms with Crippen LogP contribution in [0.25, 0.3) is 28.1 Å². The molecule has 0 spiro atoms. The molecule has 3 aromatic heterocycles. The zero-order chi connectivity index (χ0) is 23.2. The average Bonchev–Trinajstić information content (AvgIpc) is 3.52. The van der Waals surface area contributed by atoms with E-state index in [1.54, 1.807) is 12.3 Å². The number of halogens is 1. The van der Waals surface area contributed by atoms with Gasteiger partial charge in [-0.25, -0.2) is 13.8 Å². The van der Waals surface area contributed by atoms with Crippen molar-refractivity contribution < 1.29 is 8.81 Å². The highest BCUT2D eigenvalue weighted by molar-refractivity contribution is 5.93. The first-order valence-electron chi connectivity index (χ1n) is 11.5. The van der Waals surface area contributed by atoms with Gasteiger partial charge in [0.2, 0.25) is 11.8 Å². The zero-order valence-electron chi connectivity index (χ0n) is 19.1. The number of aryl methyl sites for hydroxylation is 1. The van der Waals surface area contributed by atoms with Crippen LogP contribution in [0.3, 0.4) is 0 Å². The van der Waals surface area contributed by atoms with Crippen molar-refractivity contribution in [2.45, 2.75) is 26.4 Å². The first-order valence-corrected chi connectivity index (χ1v) is 11.5. The lowest BCUT2D eigenvalue weighted by Crippen LogP contribution is -2.52. The molecule has 0 amide bonds. The maximum Gasteiger partial charge on any atom is 0.213 e. The van der Waals surface area contributed by atoms with Crippen molar-refractivity contribution in [3.63, 3.8) is 0 Å². The van der Waals surface area contributed by atoms with Crippen molar-refractivity contribution in [3.05, 3.63) is 77.8 Å². The van der Waals surface area contributed by atoms with E-state index in [9.17, 15) is 4.39 Å². The van der Waals surface area contributed by atoms with Crippen LogP contribution >= 0.6 is 0 Å². The minimum absolute atomic E-state index is 0.147. The van der Waals surface area contributed by atoms with E-state index in [0.717, 1.165) is 53.3 Å². The van der Waals surface area contributed by atoms with Crippen LogP contribution in [0.4, 0.5) is 10.3 Å². The number of furan rings is 1. The van der Waals surface area contributed by atoms with Gasteiger partial charge >= 0.3 is 0 Å². The van der Waals surface area contributed by atoms with Crippen molar-refractivity contribution in [3.8, 4) is 11.6 Å². The second kappa shape index (κ2) is 8.22. The van der Waals surface area contributed by atoms with Gasteiger partial charge in [0.25, 0.3) is 0 Å². The lowest BCUT2D eigenvalue weighted by atomic mass is 10.1. The lowest BCUT2D eigenvalue weighted by Gasteiger charge is -2.40. The van der Waals surface area contributed by atoms with E-state index in [0.29, 0.717) is 18.1 Å². The van der Waals surface area contributed by atoms with Crippen LogP contribution in [-0.2, 0) is 6.54 Å². The minimum atomic E-state index is -0.147. The summed E-state index contributed by atoms with van der Waals surface area (Å²) in [5.41, 5.74) is 3.44. The Bertz CT molecular complexity index is 1480. The number of hydrogen-bond donors (Lipinski definition) is 0. The van der Waals surface area contributed by atoms with Crippen molar-refractivity contribution in [2.24, 2.45) is 0 Å². The molecule has 2 aromatic carbocycles. The van der Waals surface area contributed by atoms with Crippen molar-refractivity contribution >= 4 is 22.5 Å². The number of hydrogen-bond acceptors (Lipinski definition) is 6. The number of para-hydroxylation sites is 1. The molecule has 0 aliphatic carbocycles. The summed E-state index contributed by atoms with van der Waals surface area (Å²) in [6.45, 7) is 7.07. The highest BCUT2D eigenvalue weighted by atomic mass is 19.1. The number of aromatic nitrogens is 4. The Morgan fingerprint density at radius 3 is 2.76 bits per heavy atom. The van der Waals surface area contributed by atoms with Crippen molar-refractivity contribution in [1.82, 2.24) is 24.5 Å². The van der Waals surface area contributed by atoms with Gasteiger partial charge in [0.1, 0.15) is 5.82 Å². The lowest BCUT2D eigenvalue weighted by molar-refractivity contribution is 0.178.